The Morgan fingerprint density at radius 2 is 1.95 bits per heavy atom. The standard InChI is InChI=1S/C29H36BN3O8/c1-7-16-13-29(16,26(36)39-6)32-25(35)22-11-18(15-33(22)27(37)41-28(2,3)4)40-24-12-21(23(34)14-30)31-20-10-17(38-5)8-9-19(20)24/h7-10,12,16,18,22H,1,11,13-15,30H2,2-6H3,(H,32,35)/t16-,18-,22+,29-/m1/s1. The van der Waals surface area contributed by atoms with Crippen LogP contribution in [0.1, 0.15) is 44.1 Å². The number of pyridine rings is 1. The van der Waals surface area contributed by atoms with Gasteiger partial charge in [0.2, 0.25) is 5.91 Å². The molecule has 0 unspecified atom stereocenters. The number of carbonyl (C=O) groups is 4. The molecular formula is C29H36BN3O8. The van der Waals surface area contributed by atoms with E-state index in [0.717, 1.165) is 0 Å². The van der Waals surface area contributed by atoms with E-state index in [-0.39, 0.29) is 36.7 Å². The number of ketones is 1. The first-order valence-electron chi connectivity index (χ1n) is 13.6. The summed E-state index contributed by atoms with van der Waals surface area (Å²) in [6, 6.07) is 5.85. The van der Waals surface area contributed by atoms with Crippen LogP contribution in [0.2, 0.25) is 6.32 Å². The summed E-state index contributed by atoms with van der Waals surface area (Å²) in [6.07, 6.45) is 1.03. The van der Waals surface area contributed by atoms with Crippen LogP contribution in [0.15, 0.2) is 36.9 Å². The van der Waals surface area contributed by atoms with E-state index in [4.69, 9.17) is 18.9 Å². The lowest BCUT2D eigenvalue weighted by atomic mass is 9.98. The van der Waals surface area contributed by atoms with Gasteiger partial charge in [0.15, 0.2) is 5.78 Å². The average Bonchev–Trinajstić information content (AvgIpc) is 3.48. The zero-order valence-electron chi connectivity index (χ0n) is 24.3. The number of benzene rings is 1. The van der Waals surface area contributed by atoms with Gasteiger partial charge in [0, 0.05) is 29.9 Å². The maximum atomic E-state index is 13.6. The minimum Gasteiger partial charge on any atom is -0.497 e. The van der Waals surface area contributed by atoms with Gasteiger partial charge in [-0.15, -0.1) is 6.58 Å². The van der Waals surface area contributed by atoms with Crippen molar-refractivity contribution in [2.45, 2.75) is 63.2 Å². The molecule has 4 atom stereocenters. The summed E-state index contributed by atoms with van der Waals surface area (Å²) in [7, 11) is 4.54. The van der Waals surface area contributed by atoms with E-state index >= 15 is 0 Å². The van der Waals surface area contributed by atoms with Crippen LogP contribution >= 0.6 is 0 Å². The molecule has 1 N–H and O–H groups in total. The van der Waals surface area contributed by atoms with Crippen molar-refractivity contribution < 1.29 is 38.1 Å². The molecule has 2 aliphatic rings. The van der Waals surface area contributed by atoms with Crippen LogP contribution in [0.3, 0.4) is 0 Å². The third-order valence-electron chi connectivity index (χ3n) is 7.27. The van der Waals surface area contributed by atoms with Crippen LogP contribution in [0.4, 0.5) is 4.79 Å². The minimum absolute atomic E-state index is 0.0418. The van der Waals surface area contributed by atoms with E-state index in [2.05, 4.69) is 16.9 Å². The molecule has 218 valence electrons. The molecule has 0 radical (unpaired) electrons. The first kappa shape index (κ1) is 29.9. The normalized spacial score (nSPS) is 23.4. The lowest BCUT2D eigenvalue weighted by Crippen LogP contribution is -2.53. The molecule has 0 bridgehead atoms. The summed E-state index contributed by atoms with van der Waals surface area (Å²) in [5, 5.41) is 3.45. The summed E-state index contributed by atoms with van der Waals surface area (Å²) >= 11 is 0. The molecule has 2 heterocycles. The Balaban J connectivity index is 1.65. The fourth-order valence-electron chi connectivity index (χ4n) is 5.05. The number of amides is 2. The van der Waals surface area contributed by atoms with Crippen molar-refractivity contribution in [2.75, 3.05) is 20.8 Å². The first-order chi connectivity index (χ1) is 19.3. The largest absolute Gasteiger partial charge is 0.497 e. The Hall–Kier alpha value is -4.09. The predicted molar refractivity (Wildman–Crippen MR) is 153 cm³/mol. The Morgan fingerprint density at radius 1 is 1.22 bits per heavy atom. The van der Waals surface area contributed by atoms with E-state index in [0.29, 0.717) is 28.8 Å². The number of esters is 1. The van der Waals surface area contributed by atoms with Gasteiger partial charge in [-0.3, -0.25) is 14.5 Å². The van der Waals surface area contributed by atoms with Crippen LogP contribution in [0.25, 0.3) is 10.9 Å². The average molecular weight is 565 g/mol. The van der Waals surface area contributed by atoms with Crippen LogP contribution in [-0.2, 0) is 19.1 Å². The van der Waals surface area contributed by atoms with Gasteiger partial charge >= 0.3 is 12.1 Å². The van der Waals surface area contributed by atoms with Gasteiger partial charge in [-0.1, -0.05) is 6.08 Å². The minimum atomic E-state index is -1.22. The van der Waals surface area contributed by atoms with Gasteiger partial charge in [-0.2, -0.15) is 0 Å². The smallest absolute Gasteiger partial charge is 0.411 e. The SMILES string of the molecule is BCC(=O)c1cc(O[C@@H]2C[C@@H](C(=O)N[C@]3(C(=O)OC)C[C@H]3C=C)N(C(=O)OC(C)(C)C)C2)c2ccc(OC)cc2n1. The topological polar surface area (TPSA) is 133 Å². The summed E-state index contributed by atoms with van der Waals surface area (Å²) in [5.41, 5.74) is -1.27. The van der Waals surface area contributed by atoms with Crippen molar-refractivity contribution in [1.82, 2.24) is 15.2 Å². The molecule has 41 heavy (non-hydrogen) atoms. The number of methoxy groups -OCH3 is 2. The number of aromatic nitrogens is 1. The fourth-order valence-corrected chi connectivity index (χ4v) is 5.05. The zero-order valence-corrected chi connectivity index (χ0v) is 24.3. The molecule has 2 amide bonds. The number of likely N-dealkylation sites (tertiary alicyclic amines) is 1. The van der Waals surface area contributed by atoms with Crippen LogP contribution < -0.4 is 14.8 Å². The predicted octanol–water partition coefficient (Wildman–Crippen LogP) is 2.47. The van der Waals surface area contributed by atoms with Crippen molar-refractivity contribution in [3.8, 4) is 11.5 Å². The summed E-state index contributed by atoms with van der Waals surface area (Å²) in [5.74, 6) is -0.571. The van der Waals surface area contributed by atoms with Crippen molar-refractivity contribution in [2.24, 2.45) is 5.92 Å². The van der Waals surface area contributed by atoms with Gasteiger partial charge in [0.25, 0.3) is 0 Å². The molecular weight excluding hydrogens is 529 g/mol. The lowest BCUT2D eigenvalue weighted by molar-refractivity contribution is -0.147. The Labute approximate surface area is 239 Å². The highest BCUT2D eigenvalue weighted by molar-refractivity contribution is 6.23. The number of carbonyl (C=O) groups excluding carboxylic acids is 4. The summed E-state index contributed by atoms with van der Waals surface area (Å²) < 4.78 is 22.2. The van der Waals surface area contributed by atoms with E-state index in [1.54, 1.807) is 59.0 Å². The van der Waals surface area contributed by atoms with E-state index in [1.807, 2.05) is 0 Å². The summed E-state index contributed by atoms with van der Waals surface area (Å²) in [6.45, 7) is 8.99. The maximum Gasteiger partial charge on any atom is 0.411 e. The van der Waals surface area contributed by atoms with Crippen molar-refractivity contribution in [1.29, 1.82) is 0 Å². The second-order valence-electron chi connectivity index (χ2n) is 11.3. The molecule has 1 aromatic carbocycles. The fraction of sp³-hybridized carbons (Fsp3) is 0.483. The molecule has 1 aliphatic carbocycles. The van der Waals surface area contributed by atoms with Gasteiger partial charge in [-0.25, -0.2) is 14.6 Å². The first-order valence-corrected chi connectivity index (χ1v) is 13.6. The molecule has 0 spiro atoms. The van der Waals surface area contributed by atoms with E-state index in [9.17, 15) is 19.2 Å². The van der Waals surface area contributed by atoms with Crippen LogP contribution in [-0.4, -0.2) is 85.5 Å². The molecule has 12 heteroatoms. The number of nitrogens with zero attached hydrogens (tertiary/aromatic N) is 2. The van der Waals surface area contributed by atoms with Crippen molar-refractivity contribution in [3.63, 3.8) is 0 Å². The molecule has 1 aromatic heterocycles. The number of hydrogen-bond donors (Lipinski definition) is 1. The second kappa shape index (κ2) is 11.4. The number of ether oxygens (including phenoxy) is 4. The van der Waals surface area contributed by atoms with Gasteiger partial charge in [-0.05, 0) is 45.6 Å². The van der Waals surface area contributed by atoms with E-state index < -0.39 is 41.3 Å². The van der Waals surface area contributed by atoms with Crippen molar-refractivity contribution in [3.05, 3.63) is 42.6 Å². The monoisotopic (exact) mass is 565 g/mol. The summed E-state index contributed by atoms with van der Waals surface area (Å²) in [4.78, 5) is 57.7. The molecule has 2 fully saturated rings. The maximum absolute atomic E-state index is 13.6. The Bertz CT molecular complexity index is 1390. The third-order valence-corrected chi connectivity index (χ3v) is 7.27. The second-order valence-corrected chi connectivity index (χ2v) is 11.3. The number of hydrogen-bond acceptors (Lipinski definition) is 9. The zero-order chi connectivity index (χ0) is 30.1. The van der Waals surface area contributed by atoms with Crippen molar-refractivity contribution >= 4 is 42.5 Å². The Morgan fingerprint density at radius 3 is 2.54 bits per heavy atom. The molecule has 1 saturated heterocycles. The number of rotatable bonds is 9. The molecule has 11 nitrogen and oxygen atoms in total. The van der Waals surface area contributed by atoms with Gasteiger partial charge in [0.05, 0.1) is 26.3 Å². The van der Waals surface area contributed by atoms with Gasteiger partial charge < -0.3 is 24.3 Å². The molecule has 2 aromatic rings. The number of nitrogens with one attached hydrogen (secondary N) is 1. The molecule has 4 rings (SSSR count). The molecule has 1 saturated carbocycles. The Kier molecular flexibility index (Phi) is 8.33. The number of Topliss-reactive ketones (excluding diaryl/α,β-unsaturated/α-hetero) is 1. The quantitative estimate of drug-likeness (QED) is 0.211. The van der Waals surface area contributed by atoms with Gasteiger partial charge in [0.1, 0.15) is 48.3 Å². The molecule has 1 aliphatic heterocycles. The third kappa shape index (κ3) is 6.16. The highest BCUT2D eigenvalue weighted by atomic mass is 16.6. The number of fused-ring (bicyclic) bond motifs is 1. The highest BCUT2D eigenvalue weighted by Gasteiger charge is 2.62. The van der Waals surface area contributed by atoms with Crippen LogP contribution in [0.5, 0.6) is 11.5 Å². The van der Waals surface area contributed by atoms with E-state index in [1.165, 1.54) is 19.1 Å². The highest BCUT2D eigenvalue weighted by Crippen LogP contribution is 2.45. The van der Waals surface area contributed by atoms with Crippen LogP contribution in [0, 0.1) is 5.92 Å². The lowest BCUT2D eigenvalue weighted by Gasteiger charge is -2.28.